The molecule has 168 valence electrons. The van der Waals surface area contributed by atoms with Gasteiger partial charge in [-0.3, -0.25) is 14.9 Å². The number of carbonyl (C=O) groups excluding carboxylic acids is 2. The Kier molecular flexibility index (Phi) is 6.50. The molecule has 0 unspecified atom stereocenters. The average molecular weight is 440 g/mol. The minimum absolute atomic E-state index is 0.0145. The molecule has 2 aromatic carbocycles. The van der Waals surface area contributed by atoms with Gasteiger partial charge in [-0.1, -0.05) is 0 Å². The molecule has 2 aromatic rings. The molecule has 2 fully saturated rings. The molecular weight excluding hydrogens is 416 g/mol. The number of nitro groups is 1. The molecule has 0 bridgehead atoms. The van der Waals surface area contributed by atoms with Crippen LogP contribution in [0.3, 0.4) is 0 Å². The second-order valence-corrected chi connectivity index (χ2v) is 7.68. The van der Waals surface area contributed by atoms with Crippen LogP contribution in [0.2, 0.25) is 0 Å². The van der Waals surface area contributed by atoms with E-state index in [1.54, 1.807) is 12.1 Å². The molecule has 0 aromatic heterocycles. The van der Waals surface area contributed by atoms with Crippen LogP contribution >= 0.6 is 0 Å². The van der Waals surface area contributed by atoms with Crippen molar-refractivity contribution in [2.75, 3.05) is 48.4 Å². The summed E-state index contributed by atoms with van der Waals surface area (Å²) in [6.07, 6.45) is 1.93. The number of esters is 1. The Morgan fingerprint density at radius 1 is 1.12 bits per heavy atom. The van der Waals surface area contributed by atoms with Crippen molar-refractivity contribution in [3.8, 4) is 0 Å². The van der Waals surface area contributed by atoms with Crippen LogP contribution in [0.4, 0.5) is 22.7 Å². The summed E-state index contributed by atoms with van der Waals surface area (Å²) in [7, 11) is 0. The van der Waals surface area contributed by atoms with Gasteiger partial charge in [-0.05, 0) is 49.2 Å². The molecule has 1 aliphatic carbocycles. The van der Waals surface area contributed by atoms with Crippen molar-refractivity contribution in [1.29, 1.82) is 0 Å². The number of hydrogen-bond acceptors (Lipinski definition) is 8. The number of hydrogen-bond donors (Lipinski definition) is 2. The third-order valence-corrected chi connectivity index (χ3v) is 5.23. The molecule has 0 radical (unpaired) electrons. The topological polar surface area (TPSA) is 123 Å². The Morgan fingerprint density at radius 2 is 1.84 bits per heavy atom. The first-order valence-electron chi connectivity index (χ1n) is 10.4. The molecule has 0 atom stereocenters. The molecular formula is C22H24N4O6. The first-order valence-corrected chi connectivity index (χ1v) is 10.4. The van der Waals surface area contributed by atoms with Gasteiger partial charge in [-0.25, -0.2) is 4.79 Å². The summed E-state index contributed by atoms with van der Waals surface area (Å²) in [6, 6.07) is 11.7. The predicted molar refractivity (Wildman–Crippen MR) is 118 cm³/mol. The number of amides is 1. The number of rotatable bonds is 8. The molecule has 1 heterocycles. The van der Waals surface area contributed by atoms with Crippen LogP contribution in [0.5, 0.6) is 0 Å². The zero-order chi connectivity index (χ0) is 22.5. The Labute approximate surface area is 184 Å². The van der Waals surface area contributed by atoms with Crippen molar-refractivity contribution >= 4 is 34.6 Å². The summed E-state index contributed by atoms with van der Waals surface area (Å²) in [5.74, 6) is -1.30. The van der Waals surface area contributed by atoms with Gasteiger partial charge in [0.25, 0.3) is 11.6 Å². The highest BCUT2D eigenvalue weighted by Gasteiger charge is 2.26. The Balaban J connectivity index is 1.30. The third kappa shape index (κ3) is 5.52. The molecule has 1 saturated carbocycles. The summed E-state index contributed by atoms with van der Waals surface area (Å²) in [6.45, 7) is 2.51. The summed E-state index contributed by atoms with van der Waals surface area (Å²) in [4.78, 5) is 37.4. The van der Waals surface area contributed by atoms with Gasteiger partial charge < -0.3 is 25.0 Å². The summed E-state index contributed by atoms with van der Waals surface area (Å²) >= 11 is 0. The number of anilines is 3. The first-order chi connectivity index (χ1) is 15.5. The van der Waals surface area contributed by atoms with E-state index in [2.05, 4.69) is 15.5 Å². The second kappa shape index (κ2) is 9.65. The van der Waals surface area contributed by atoms with Gasteiger partial charge >= 0.3 is 5.97 Å². The zero-order valence-electron chi connectivity index (χ0n) is 17.4. The number of nitrogens with zero attached hydrogens (tertiary/aromatic N) is 2. The van der Waals surface area contributed by atoms with Crippen molar-refractivity contribution in [3.05, 3.63) is 58.1 Å². The summed E-state index contributed by atoms with van der Waals surface area (Å²) in [5.41, 5.74) is 1.80. The van der Waals surface area contributed by atoms with E-state index in [9.17, 15) is 19.7 Å². The molecule has 10 nitrogen and oxygen atoms in total. The van der Waals surface area contributed by atoms with Crippen LogP contribution in [0.15, 0.2) is 42.5 Å². The fraction of sp³-hybridized carbons (Fsp3) is 0.364. The van der Waals surface area contributed by atoms with E-state index in [0.29, 0.717) is 24.6 Å². The van der Waals surface area contributed by atoms with E-state index < -0.39 is 23.4 Å². The fourth-order valence-electron chi connectivity index (χ4n) is 3.37. The lowest BCUT2D eigenvalue weighted by Gasteiger charge is -2.28. The Hall–Kier alpha value is -3.66. The average Bonchev–Trinajstić information content (AvgIpc) is 3.63. The van der Waals surface area contributed by atoms with Crippen LogP contribution in [-0.4, -0.2) is 55.8 Å². The van der Waals surface area contributed by atoms with Gasteiger partial charge in [0.2, 0.25) is 0 Å². The second-order valence-electron chi connectivity index (χ2n) is 7.68. The lowest BCUT2D eigenvalue weighted by Crippen LogP contribution is -2.36. The van der Waals surface area contributed by atoms with Gasteiger partial charge in [0, 0.05) is 36.6 Å². The highest BCUT2D eigenvalue weighted by molar-refractivity contribution is 5.96. The standard InChI is InChI=1S/C22H24N4O6/c27-21(24-17-4-6-18(7-5-17)25-9-11-31-12-10-25)14-32-22(28)15-1-8-19(23-16-2-3-16)20(13-15)26(29)30/h1,4-8,13,16,23H,2-3,9-12,14H2,(H,24,27). The Bertz CT molecular complexity index is 1000. The van der Waals surface area contributed by atoms with Gasteiger partial charge in [0.05, 0.1) is 23.7 Å². The van der Waals surface area contributed by atoms with Crippen molar-refractivity contribution in [1.82, 2.24) is 0 Å². The highest BCUT2D eigenvalue weighted by Crippen LogP contribution is 2.31. The SMILES string of the molecule is O=C(COC(=O)c1ccc(NC2CC2)c([N+](=O)[O-])c1)Nc1ccc(N2CCOCC2)cc1. The van der Waals surface area contributed by atoms with Crippen molar-refractivity contribution in [2.24, 2.45) is 0 Å². The molecule has 1 aliphatic heterocycles. The Morgan fingerprint density at radius 3 is 2.50 bits per heavy atom. The minimum Gasteiger partial charge on any atom is -0.452 e. The molecule has 2 aliphatic rings. The fourth-order valence-corrected chi connectivity index (χ4v) is 3.37. The monoisotopic (exact) mass is 440 g/mol. The number of morpholine rings is 1. The van der Waals surface area contributed by atoms with Gasteiger partial charge in [-0.15, -0.1) is 0 Å². The van der Waals surface area contributed by atoms with E-state index in [0.717, 1.165) is 37.7 Å². The van der Waals surface area contributed by atoms with E-state index in [4.69, 9.17) is 9.47 Å². The van der Waals surface area contributed by atoms with Crippen molar-refractivity contribution < 1.29 is 24.0 Å². The maximum atomic E-state index is 12.3. The maximum absolute atomic E-state index is 12.3. The van der Waals surface area contributed by atoms with Crippen LogP contribution < -0.4 is 15.5 Å². The first kappa shape index (κ1) is 21.6. The molecule has 4 rings (SSSR count). The predicted octanol–water partition coefficient (Wildman–Crippen LogP) is 2.80. The summed E-state index contributed by atoms with van der Waals surface area (Å²) < 4.78 is 10.4. The number of nitro benzene ring substituents is 1. The van der Waals surface area contributed by atoms with E-state index in [1.807, 2.05) is 12.1 Å². The molecule has 1 saturated heterocycles. The quantitative estimate of drug-likeness (QED) is 0.365. The van der Waals surface area contributed by atoms with Gasteiger partial charge in [-0.2, -0.15) is 0 Å². The summed E-state index contributed by atoms with van der Waals surface area (Å²) in [5, 5.41) is 17.1. The number of ether oxygens (including phenoxy) is 2. The zero-order valence-corrected chi connectivity index (χ0v) is 17.4. The van der Waals surface area contributed by atoms with E-state index in [1.165, 1.54) is 12.1 Å². The van der Waals surface area contributed by atoms with Gasteiger partial charge in [0.1, 0.15) is 5.69 Å². The van der Waals surface area contributed by atoms with Crippen LogP contribution in [0.25, 0.3) is 0 Å². The smallest absolute Gasteiger partial charge is 0.338 e. The number of nitrogens with one attached hydrogen (secondary N) is 2. The number of benzene rings is 2. The minimum atomic E-state index is -0.802. The molecule has 2 N–H and O–H groups in total. The maximum Gasteiger partial charge on any atom is 0.338 e. The number of carbonyl (C=O) groups is 2. The van der Waals surface area contributed by atoms with E-state index in [-0.39, 0.29) is 17.3 Å². The van der Waals surface area contributed by atoms with Crippen molar-refractivity contribution in [2.45, 2.75) is 18.9 Å². The van der Waals surface area contributed by atoms with Gasteiger partial charge in [0.15, 0.2) is 6.61 Å². The lowest BCUT2D eigenvalue weighted by atomic mass is 10.1. The highest BCUT2D eigenvalue weighted by atomic mass is 16.6. The normalized spacial score (nSPS) is 15.7. The van der Waals surface area contributed by atoms with Crippen LogP contribution in [0.1, 0.15) is 23.2 Å². The molecule has 32 heavy (non-hydrogen) atoms. The molecule has 0 spiro atoms. The largest absolute Gasteiger partial charge is 0.452 e. The van der Waals surface area contributed by atoms with E-state index >= 15 is 0 Å². The molecule has 10 heteroatoms. The van der Waals surface area contributed by atoms with Crippen LogP contribution in [0, 0.1) is 10.1 Å². The molecule has 1 amide bonds. The third-order valence-electron chi connectivity index (χ3n) is 5.23. The lowest BCUT2D eigenvalue weighted by molar-refractivity contribution is -0.384. The van der Waals surface area contributed by atoms with Crippen molar-refractivity contribution in [3.63, 3.8) is 0 Å². The van der Waals surface area contributed by atoms with Crippen LogP contribution in [-0.2, 0) is 14.3 Å².